The number of hydrogen-bond donors (Lipinski definition) is 0. The van der Waals surface area contributed by atoms with Crippen LogP contribution in [-0.2, 0) is 0 Å². The summed E-state index contributed by atoms with van der Waals surface area (Å²) >= 11 is 0. The van der Waals surface area contributed by atoms with Gasteiger partial charge in [0.05, 0.1) is 6.04 Å². The molecule has 1 fully saturated rings. The molecule has 0 bridgehead atoms. The van der Waals surface area contributed by atoms with Gasteiger partial charge in [-0.25, -0.2) is 9.67 Å². The molecule has 116 valence electrons. The smallest absolute Gasteiger partial charge is 0.274 e. The summed E-state index contributed by atoms with van der Waals surface area (Å²) < 4.78 is 1.82. The number of amides is 1. The molecule has 1 aliphatic heterocycles. The number of nitrogens with zero attached hydrogens (tertiary/aromatic N) is 7. The maximum atomic E-state index is 12.6. The molecule has 0 saturated carbocycles. The summed E-state index contributed by atoms with van der Waals surface area (Å²) in [6, 6.07) is 3.71. The van der Waals surface area contributed by atoms with E-state index in [2.05, 4.69) is 20.3 Å². The van der Waals surface area contributed by atoms with Crippen molar-refractivity contribution in [3.63, 3.8) is 0 Å². The fourth-order valence-electron chi connectivity index (χ4n) is 2.60. The number of hydrogen-bond acceptors (Lipinski definition) is 6. The molecule has 1 saturated heterocycles. The first-order valence-electron chi connectivity index (χ1n) is 7.29. The van der Waals surface area contributed by atoms with Gasteiger partial charge in [0.15, 0.2) is 11.5 Å². The van der Waals surface area contributed by atoms with Crippen molar-refractivity contribution in [1.29, 1.82) is 0 Å². The minimum Gasteiger partial charge on any atom is -0.361 e. The molecule has 22 heavy (non-hydrogen) atoms. The largest absolute Gasteiger partial charge is 0.361 e. The molecule has 0 radical (unpaired) electrons. The van der Waals surface area contributed by atoms with Crippen LogP contribution >= 0.6 is 0 Å². The molecule has 2 aromatic heterocycles. The van der Waals surface area contributed by atoms with E-state index < -0.39 is 0 Å². The average molecular weight is 301 g/mol. The zero-order valence-corrected chi connectivity index (χ0v) is 12.8. The minimum absolute atomic E-state index is 0.0809. The van der Waals surface area contributed by atoms with Crippen LogP contribution in [-0.4, -0.2) is 63.0 Å². The second-order valence-electron chi connectivity index (χ2n) is 5.59. The third-order valence-electron chi connectivity index (χ3n) is 3.82. The van der Waals surface area contributed by atoms with Crippen LogP contribution < -0.4 is 4.90 Å². The predicted octanol–water partition coefficient (Wildman–Crippen LogP) is 0.611. The van der Waals surface area contributed by atoms with E-state index in [1.165, 1.54) is 6.33 Å². The lowest BCUT2D eigenvalue weighted by molar-refractivity contribution is 0.0665. The summed E-state index contributed by atoms with van der Waals surface area (Å²) in [5, 5.41) is 12.3. The molecule has 0 aliphatic carbocycles. The maximum Gasteiger partial charge on any atom is 0.274 e. The second kappa shape index (κ2) is 6.08. The molecule has 0 N–H and O–H groups in total. The number of likely N-dealkylation sites (tertiary alicyclic amines) is 1. The van der Waals surface area contributed by atoms with E-state index in [1.54, 1.807) is 18.5 Å². The maximum absolute atomic E-state index is 12.6. The van der Waals surface area contributed by atoms with E-state index in [0.717, 1.165) is 25.2 Å². The molecule has 1 atom stereocenters. The molecule has 3 heterocycles. The van der Waals surface area contributed by atoms with Gasteiger partial charge in [-0.05, 0) is 25.0 Å². The Labute approximate surface area is 128 Å². The van der Waals surface area contributed by atoms with Crippen molar-refractivity contribution in [2.45, 2.75) is 18.9 Å². The van der Waals surface area contributed by atoms with Gasteiger partial charge in [-0.3, -0.25) is 4.79 Å². The lowest BCUT2D eigenvalue weighted by Gasteiger charge is -2.32. The number of carbonyl (C=O) groups excluding carboxylic acids is 1. The van der Waals surface area contributed by atoms with Crippen molar-refractivity contribution in [3.05, 3.63) is 30.5 Å². The van der Waals surface area contributed by atoms with Gasteiger partial charge in [0.25, 0.3) is 5.91 Å². The van der Waals surface area contributed by atoms with Crippen LogP contribution in [0.3, 0.4) is 0 Å². The molecule has 8 nitrogen and oxygen atoms in total. The topological polar surface area (TPSA) is 80.0 Å². The second-order valence-corrected chi connectivity index (χ2v) is 5.59. The highest BCUT2D eigenvalue weighted by Crippen LogP contribution is 2.21. The quantitative estimate of drug-likeness (QED) is 0.826. The number of anilines is 1. The molecular formula is C14H19N7O. The first-order chi connectivity index (χ1) is 10.6. The van der Waals surface area contributed by atoms with Crippen molar-refractivity contribution in [2.24, 2.45) is 0 Å². The monoisotopic (exact) mass is 301 g/mol. The molecule has 0 unspecified atom stereocenters. The minimum atomic E-state index is -0.0809. The zero-order valence-electron chi connectivity index (χ0n) is 12.8. The normalized spacial score (nSPS) is 18.3. The third-order valence-corrected chi connectivity index (χ3v) is 3.82. The fourth-order valence-corrected chi connectivity index (χ4v) is 2.60. The zero-order chi connectivity index (χ0) is 15.5. The van der Waals surface area contributed by atoms with E-state index in [4.69, 9.17) is 0 Å². The third kappa shape index (κ3) is 2.90. The Morgan fingerprint density at radius 1 is 1.32 bits per heavy atom. The summed E-state index contributed by atoms with van der Waals surface area (Å²) in [6.07, 6.45) is 5.16. The molecule has 1 amide bonds. The van der Waals surface area contributed by atoms with Crippen molar-refractivity contribution in [3.8, 4) is 0 Å². The van der Waals surface area contributed by atoms with Crippen molar-refractivity contribution in [2.75, 3.05) is 32.1 Å². The summed E-state index contributed by atoms with van der Waals surface area (Å²) in [7, 11) is 3.78. The average Bonchev–Trinajstić information content (AvgIpc) is 3.09. The Kier molecular flexibility index (Phi) is 3.99. The highest BCUT2D eigenvalue weighted by Gasteiger charge is 2.26. The Morgan fingerprint density at radius 2 is 2.18 bits per heavy atom. The molecule has 3 rings (SSSR count). The Morgan fingerprint density at radius 3 is 2.82 bits per heavy atom. The highest BCUT2D eigenvalue weighted by molar-refractivity contribution is 5.92. The number of piperidine rings is 1. The van der Waals surface area contributed by atoms with Crippen molar-refractivity contribution < 1.29 is 4.79 Å². The molecule has 1 aliphatic rings. The van der Waals surface area contributed by atoms with Crippen LogP contribution in [0.25, 0.3) is 0 Å². The summed E-state index contributed by atoms with van der Waals surface area (Å²) in [5.41, 5.74) is 0.379. The van der Waals surface area contributed by atoms with Gasteiger partial charge in [-0.1, -0.05) is 0 Å². The van der Waals surface area contributed by atoms with Crippen LogP contribution in [0.5, 0.6) is 0 Å². The van der Waals surface area contributed by atoms with Crippen molar-refractivity contribution >= 4 is 11.7 Å². The van der Waals surface area contributed by atoms with Crippen LogP contribution in [0.2, 0.25) is 0 Å². The first kappa shape index (κ1) is 14.4. The summed E-state index contributed by atoms with van der Waals surface area (Å²) in [5.74, 6) is 0.651. The van der Waals surface area contributed by atoms with E-state index in [1.807, 2.05) is 28.6 Å². The summed E-state index contributed by atoms with van der Waals surface area (Å²) in [4.78, 5) is 20.2. The van der Waals surface area contributed by atoms with Gasteiger partial charge in [-0.15, -0.1) is 10.2 Å². The van der Waals surface area contributed by atoms with Gasteiger partial charge in [0.2, 0.25) is 0 Å². The molecule has 2 aromatic rings. The Bertz CT molecular complexity index is 623. The Balaban J connectivity index is 1.71. The lowest BCUT2D eigenvalue weighted by atomic mass is 10.1. The molecular weight excluding hydrogens is 282 g/mol. The van der Waals surface area contributed by atoms with Gasteiger partial charge in [0, 0.05) is 27.2 Å². The molecule has 0 spiro atoms. The summed E-state index contributed by atoms with van der Waals surface area (Å²) in [6.45, 7) is 1.36. The Hall–Kier alpha value is -2.51. The van der Waals surface area contributed by atoms with Crippen LogP contribution in [0.15, 0.2) is 24.8 Å². The fraction of sp³-hybridized carbons (Fsp3) is 0.500. The van der Waals surface area contributed by atoms with Gasteiger partial charge in [-0.2, -0.15) is 5.10 Å². The van der Waals surface area contributed by atoms with Crippen molar-refractivity contribution in [1.82, 2.24) is 29.9 Å². The first-order valence-corrected chi connectivity index (χ1v) is 7.29. The van der Waals surface area contributed by atoms with E-state index in [-0.39, 0.29) is 11.9 Å². The molecule has 8 heteroatoms. The number of aromatic nitrogens is 5. The van der Waals surface area contributed by atoms with Gasteiger partial charge in [0.1, 0.15) is 12.7 Å². The van der Waals surface area contributed by atoms with Crippen LogP contribution in [0, 0.1) is 0 Å². The number of carbonyl (C=O) groups is 1. The van der Waals surface area contributed by atoms with E-state index in [0.29, 0.717) is 12.2 Å². The predicted molar refractivity (Wildman–Crippen MR) is 80.6 cm³/mol. The van der Waals surface area contributed by atoms with Crippen LogP contribution in [0.4, 0.5) is 5.82 Å². The lowest BCUT2D eigenvalue weighted by Crippen LogP contribution is -2.41. The standard InChI is InChI=1S/C14H19N7O/c1-19(2)13-6-5-12(17-18-13)14(22)20-7-3-4-11(8-20)21-10-15-9-16-21/h5-6,9-11H,3-4,7-8H2,1-2H3/t11-/m0/s1. The van der Waals surface area contributed by atoms with Gasteiger partial charge >= 0.3 is 0 Å². The van der Waals surface area contributed by atoms with E-state index in [9.17, 15) is 4.79 Å². The highest BCUT2D eigenvalue weighted by atomic mass is 16.2. The molecule has 0 aromatic carbocycles. The SMILES string of the molecule is CN(C)c1ccc(C(=O)N2CCC[C@H](n3cncn3)C2)nn1. The van der Waals surface area contributed by atoms with Crippen LogP contribution in [0.1, 0.15) is 29.4 Å². The van der Waals surface area contributed by atoms with E-state index >= 15 is 0 Å². The van der Waals surface area contributed by atoms with Gasteiger partial charge < -0.3 is 9.80 Å². The number of rotatable bonds is 3.